The molecular formula is C19H21ClN2O2. The van der Waals surface area contributed by atoms with Crippen molar-refractivity contribution in [3.8, 4) is 11.5 Å². The van der Waals surface area contributed by atoms with E-state index in [2.05, 4.69) is 10.6 Å². The van der Waals surface area contributed by atoms with Crippen molar-refractivity contribution < 1.29 is 9.53 Å². The predicted molar refractivity (Wildman–Crippen MR) is 96.8 cm³/mol. The SMILES string of the molecule is O=C(CCC1CCNC1)Nc1ccccc1Oc1ccc(Cl)cc1. The number of hydrogen-bond donors (Lipinski definition) is 2. The van der Waals surface area contributed by atoms with Crippen LogP contribution in [0.4, 0.5) is 5.69 Å². The molecule has 2 N–H and O–H groups in total. The zero-order valence-electron chi connectivity index (χ0n) is 13.4. The second-order valence-corrected chi connectivity index (χ2v) is 6.43. The van der Waals surface area contributed by atoms with Gasteiger partial charge in [0.2, 0.25) is 5.91 Å². The number of halogens is 1. The average Bonchev–Trinajstić information content (AvgIpc) is 3.10. The van der Waals surface area contributed by atoms with E-state index in [9.17, 15) is 4.79 Å². The first-order valence-corrected chi connectivity index (χ1v) is 8.61. The number of anilines is 1. The molecule has 0 radical (unpaired) electrons. The minimum Gasteiger partial charge on any atom is -0.455 e. The molecule has 2 aromatic carbocycles. The molecule has 24 heavy (non-hydrogen) atoms. The Labute approximate surface area is 147 Å². The fourth-order valence-corrected chi connectivity index (χ4v) is 2.92. The Morgan fingerprint density at radius 2 is 2.00 bits per heavy atom. The Kier molecular flexibility index (Phi) is 5.72. The molecule has 1 aliphatic heterocycles. The summed E-state index contributed by atoms with van der Waals surface area (Å²) >= 11 is 5.89. The Morgan fingerprint density at radius 1 is 1.21 bits per heavy atom. The molecule has 0 spiro atoms. The smallest absolute Gasteiger partial charge is 0.224 e. The van der Waals surface area contributed by atoms with Crippen LogP contribution in [0.2, 0.25) is 5.02 Å². The highest BCUT2D eigenvalue weighted by Gasteiger charge is 2.16. The fourth-order valence-electron chi connectivity index (χ4n) is 2.80. The first-order valence-electron chi connectivity index (χ1n) is 8.24. The van der Waals surface area contributed by atoms with E-state index in [0.717, 1.165) is 25.9 Å². The van der Waals surface area contributed by atoms with Gasteiger partial charge in [0.05, 0.1) is 5.69 Å². The number of amides is 1. The number of rotatable bonds is 6. The zero-order chi connectivity index (χ0) is 16.8. The Bertz CT molecular complexity index is 682. The second kappa shape index (κ2) is 8.18. The van der Waals surface area contributed by atoms with Crippen LogP contribution in [-0.2, 0) is 4.79 Å². The molecule has 1 saturated heterocycles. The molecule has 1 heterocycles. The van der Waals surface area contributed by atoms with Crippen molar-refractivity contribution >= 4 is 23.2 Å². The molecule has 1 amide bonds. The second-order valence-electron chi connectivity index (χ2n) is 6.00. The molecule has 5 heteroatoms. The maximum Gasteiger partial charge on any atom is 0.224 e. The third-order valence-corrected chi connectivity index (χ3v) is 4.40. The quantitative estimate of drug-likeness (QED) is 0.813. The van der Waals surface area contributed by atoms with E-state index in [-0.39, 0.29) is 5.91 Å². The molecule has 3 rings (SSSR count). The molecule has 0 saturated carbocycles. The first kappa shape index (κ1) is 16.8. The summed E-state index contributed by atoms with van der Waals surface area (Å²) in [7, 11) is 0. The van der Waals surface area contributed by atoms with Gasteiger partial charge < -0.3 is 15.4 Å². The van der Waals surface area contributed by atoms with Crippen LogP contribution in [0.5, 0.6) is 11.5 Å². The number of carbonyl (C=O) groups is 1. The van der Waals surface area contributed by atoms with Gasteiger partial charge in [0.15, 0.2) is 5.75 Å². The van der Waals surface area contributed by atoms with Gasteiger partial charge in [-0.15, -0.1) is 0 Å². The van der Waals surface area contributed by atoms with Crippen LogP contribution in [0.3, 0.4) is 0 Å². The Morgan fingerprint density at radius 3 is 2.75 bits per heavy atom. The van der Waals surface area contributed by atoms with Gasteiger partial charge in [-0.25, -0.2) is 0 Å². The van der Waals surface area contributed by atoms with Crippen LogP contribution in [0.15, 0.2) is 48.5 Å². The van der Waals surface area contributed by atoms with Gasteiger partial charge in [0.25, 0.3) is 0 Å². The number of nitrogens with one attached hydrogen (secondary N) is 2. The van der Waals surface area contributed by atoms with Crippen molar-refractivity contribution in [2.75, 3.05) is 18.4 Å². The molecule has 1 fully saturated rings. The van der Waals surface area contributed by atoms with Crippen LogP contribution in [0.1, 0.15) is 19.3 Å². The number of para-hydroxylation sites is 2. The summed E-state index contributed by atoms with van der Waals surface area (Å²) in [6, 6.07) is 14.6. The minimum absolute atomic E-state index is 0.0223. The number of carbonyl (C=O) groups excluding carboxylic acids is 1. The van der Waals surface area contributed by atoms with Crippen LogP contribution in [0.25, 0.3) is 0 Å². The van der Waals surface area contributed by atoms with Gasteiger partial charge in [-0.05, 0) is 68.2 Å². The molecule has 4 nitrogen and oxygen atoms in total. The van der Waals surface area contributed by atoms with Gasteiger partial charge in [-0.3, -0.25) is 4.79 Å². The van der Waals surface area contributed by atoms with Gasteiger partial charge in [0, 0.05) is 11.4 Å². The van der Waals surface area contributed by atoms with Crippen LogP contribution in [-0.4, -0.2) is 19.0 Å². The van der Waals surface area contributed by atoms with Gasteiger partial charge in [-0.1, -0.05) is 23.7 Å². The lowest BCUT2D eigenvalue weighted by Crippen LogP contribution is -2.15. The molecule has 2 aromatic rings. The largest absolute Gasteiger partial charge is 0.455 e. The Balaban J connectivity index is 1.60. The van der Waals surface area contributed by atoms with Crippen molar-refractivity contribution in [3.05, 3.63) is 53.6 Å². The summed E-state index contributed by atoms with van der Waals surface area (Å²) in [5, 5.41) is 6.94. The summed E-state index contributed by atoms with van der Waals surface area (Å²) < 4.78 is 5.86. The molecule has 0 aromatic heterocycles. The van der Waals surface area contributed by atoms with E-state index in [1.165, 1.54) is 0 Å². The number of benzene rings is 2. The first-order chi connectivity index (χ1) is 11.7. The van der Waals surface area contributed by atoms with E-state index in [1.807, 2.05) is 24.3 Å². The summed E-state index contributed by atoms with van der Waals surface area (Å²) in [5.74, 6) is 1.93. The molecule has 126 valence electrons. The van der Waals surface area contributed by atoms with Gasteiger partial charge in [-0.2, -0.15) is 0 Å². The predicted octanol–water partition coefficient (Wildman–Crippen LogP) is 4.46. The lowest BCUT2D eigenvalue weighted by atomic mass is 10.0. The molecule has 1 aliphatic rings. The van der Waals surface area contributed by atoms with Crippen molar-refractivity contribution in [1.29, 1.82) is 0 Å². The third kappa shape index (κ3) is 4.73. The van der Waals surface area contributed by atoms with Crippen LogP contribution < -0.4 is 15.4 Å². The molecular weight excluding hydrogens is 324 g/mol. The van der Waals surface area contributed by atoms with Crippen LogP contribution in [0, 0.1) is 5.92 Å². The molecule has 1 atom stereocenters. The molecule has 1 unspecified atom stereocenters. The van der Waals surface area contributed by atoms with E-state index >= 15 is 0 Å². The lowest BCUT2D eigenvalue weighted by molar-refractivity contribution is -0.116. The van der Waals surface area contributed by atoms with Crippen molar-refractivity contribution in [2.24, 2.45) is 5.92 Å². The molecule has 0 aliphatic carbocycles. The van der Waals surface area contributed by atoms with E-state index in [4.69, 9.17) is 16.3 Å². The summed E-state index contributed by atoms with van der Waals surface area (Å²) in [6.07, 6.45) is 2.60. The average molecular weight is 345 g/mol. The highest BCUT2D eigenvalue weighted by atomic mass is 35.5. The maximum atomic E-state index is 12.2. The standard InChI is InChI=1S/C19H21ClN2O2/c20-15-6-8-16(9-7-15)24-18-4-2-1-3-17(18)22-19(23)10-5-14-11-12-21-13-14/h1-4,6-9,14,21H,5,10-13H2,(H,22,23). The monoisotopic (exact) mass is 344 g/mol. The highest BCUT2D eigenvalue weighted by Crippen LogP contribution is 2.30. The fraction of sp³-hybridized carbons (Fsp3) is 0.316. The van der Waals surface area contributed by atoms with E-state index in [1.54, 1.807) is 24.3 Å². The Hall–Kier alpha value is -2.04. The maximum absolute atomic E-state index is 12.2. The lowest BCUT2D eigenvalue weighted by Gasteiger charge is -2.13. The summed E-state index contributed by atoms with van der Waals surface area (Å²) in [6.45, 7) is 2.08. The van der Waals surface area contributed by atoms with Crippen molar-refractivity contribution in [1.82, 2.24) is 5.32 Å². The van der Waals surface area contributed by atoms with Crippen LogP contribution >= 0.6 is 11.6 Å². The van der Waals surface area contributed by atoms with E-state index < -0.39 is 0 Å². The van der Waals surface area contributed by atoms with Crippen molar-refractivity contribution in [2.45, 2.75) is 19.3 Å². The number of hydrogen-bond acceptors (Lipinski definition) is 3. The summed E-state index contributed by atoms with van der Waals surface area (Å²) in [5.41, 5.74) is 0.682. The summed E-state index contributed by atoms with van der Waals surface area (Å²) in [4.78, 5) is 12.2. The highest BCUT2D eigenvalue weighted by molar-refractivity contribution is 6.30. The van der Waals surface area contributed by atoms with Crippen molar-refractivity contribution in [3.63, 3.8) is 0 Å². The normalized spacial score (nSPS) is 16.8. The minimum atomic E-state index is 0.0223. The van der Waals surface area contributed by atoms with Gasteiger partial charge >= 0.3 is 0 Å². The number of ether oxygens (including phenoxy) is 1. The third-order valence-electron chi connectivity index (χ3n) is 4.14. The van der Waals surface area contributed by atoms with E-state index in [0.29, 0.717) is 34.5 Å². The topological polar surface area (TPSA) is 50.4 Å². The molecule has 0 bridgehead atoms. The van der Waals surface area contributed by atoms with Gasteiger partial charge in [0.1, 0.15) is 5.75 Å². The zero-order valence-corrected chi connectivity index (χ0v) is 14.2.